The van der Waals surface area contributed by atoms with Crippen molar-refractivity contribution in [1.29, 1.82) is 5.26 Å². The van der Waals surface area contributed by atoms with Gasteiger partial charge < -0.3 is 4.90 Å². The summed E-state index contributed by atoms with van der Waals surface area (Å²) in [5, 5.41) is 9.80. The lowest BCUT2D eigenvalue weighted by Crippen LogP contribution is -2.39. The van der Waals surface area contributed by atoms with Gasteiger partial charge in [-0.05, 0) is 24.0 Å². The van der Waals surface area contributed by atoms with Gasteiger partial charge in [-0.1, -0.05) is 60.7 Å². The third kappa shape index (κ3) is 3.26. The Morgan fingerprint density at radius 3 is 2.43 bits per heavy atom. The fraction of sp³-hybridized carbons (Fsp3) is 0.211. The maximum atomic E-state index is 9.80. The van der Waals surface area contributed by atoms with E-state index in [0.717, 1.165) is 17.1 Å². The Kier molecular flexibility index (Phi) is 5.00. The number of hydrogen-bond acceptors (Lipinski definition) is 4. The van der Waals surface area contributed by atoms with Crippen LogP contribution in [0, 0.1) is 11.3 Å². The summed E-state index contributed by atoms with van der Waals surface area (Å²) in [5.41, 5.74) is 2.32. The molecule has 0 N–H and O–H groups in total. The zero-order valence-electron chi connectivity index (χ0n) is 12.9. The van der Waals surface area contributed by atoms with E-state index in [1.807, 2.05) is 42.7 Å². The number of para-hydroxylation sites is 1. The molecular formula is C19H18N2S2. The van der Waals surface area contributed by atoms with Crippen molar-refractivity contribution in [3.63, 3.8) is 0 Å². The first-order chi connectivity index (χ1) is 11.3. The molecule has 1 heterocycles. The Morgan fingerprint density at radius 1 is 1.17 bits per heavy atom. The van der Waals surface area contributed by atoms with E-state index in [1.165, 1.54) is 0 Å². The molecule has 2 aromatic rings. The number of benzene rings is 2. The van der Waals surface area contributed by atoms with E-state index in [1.54, 1.807) is 23.5 Å². The van der Waals surface area contributed by atoms with Gasteiger partial charge >= 0.3 is 0 Å². The first-order valence-corrected chi connectivity index (χ1v) is 9.65. The van der Waals surface area contributed by atoms with Gasteiger partial charge in [-0.15, -0.1) is 23.5 Å². The van der Waals surface area contributed by atoms with E-state index in [0.29, 0.717) is 0 Å². The van der Waals surface area contributed by atoms with Gasteiger partial charge in [0.15, 0.2) is 4.08 Å². The Labute approximate surface area is 146 Å². The Balaban J connectivity index is 1.95. The molecule has 1 aliphatic heterocycles. The minimum absolute atomic E-state index is 0.0371. The number of hydrogen-bond donors (Lipinski definition) is 0. The molecule has 0 unspecified atom stereocenters. The van der Waals surface area contributed by atoms with Crippen molar-refractivity contribution in [2.75, 3.05) is 17.0 Å². The third-order valence-electron chi connectivity index (χ3n) is 3.96. The fourth-order valence-electron chi connectivity index (χ4n) is 2.71. The van der Waals surface area contributed by atoms with Crippen LogP contribution in [0.5, 0.6) is 0 Å². The summed E-state index contributed by atoms with van der Waals surface area (Å²) in [7, 11) is 0. The highest BCUT2D eigenvalue weighted by Crippen LogP contribution is 2.48. The van der Waals surface area contributed by atoms with Gasteiger partial charge in [0.25, 0.3) is 0 Å². The van der Waals surface area contributed by atoms with Crippen LogP contribution in [0.25, 0.3) is 6.08 Å². The quantitative estimate of drug-likeness (QED) is 0.795. The van der Waals surface area contributed by atoms with Crippen LogP contribution in [0.4, 0.5) is 5.69 Å². The molecule has 1 saturated heterocycles. The summed E-state index contributed by atoms with van der Waals surface area (Å²) in [6.45, 7) is 0. The first-order valence-electron chi connectivity index (χ1n) is 7.44. The first kappa shape index (κ1) is 16.0. The van der Waals surface area contributed by atoms with Gasteiger partial charge in [0, 0.05) is 5.69 Å². The van der Waals surface area contributed by atoms with Crippen molar-refractivity contribution in [3.05, 3.63) is 72.3 Å². The predicted octanol–water partition coefficient (Wildman–Crippen LogP) is 4.86. The van der Waals surface area contributed by atoms with Crippen LogP contribution in [0.2, 0.25) is 0 Å². The lowest BCUT2D eigenvalue weighted by molar-refractivity contribution is 0.777. The molecule has 4 heteroatoms. The highest BCUT2D eigenvalue weighted by Gasteiger charge is 2.47. The van der Waals surface area contributed by atoms with Crippen LogP contribution in [0.15, 0.2) is 66.7 Å². The van der Waals surface area contributed by atoms with Gasteiger partial charge in [0.2, 0.25) is 0 Å². The molecular weight excluding hydrogens is 320 g/mol. The SMILES string of the molecule is CS[C@@]1(C#N)SCN(c2ccccc2)[C@H]1/C=C/c1ccccc1. The highest BCUT2D eigenvalue weighted by molar-refractivity contribution is 8.18. The minimum Gasteiger partial charge on any atom is -0.352 e. The molecule has 0 aromatic heterocycles. The van der Waals surface area contributed by atoms with E-state index in [-0.39, 0.29) is 6.04 Å². The molecule has 1 aliphatic rings. The summed E-state index contributed by atoms with van der Waals surface area (Å²) in [6.07, 6.45) is 6.31. The van der Waals surface area contributed by atoms with Gasteiger partial charge in [-0.2, -0.15) is 5.26 Å². The van der Waals surface area contributed by atoms with Crippen LogP contribution in [0.1, 0.15) is 5.56 Å². The van der Waals surface area contributed by atoms with E-state index in [4.69, 9.17) is 0 Å². The average molecular weight is 339 g/mol. The van der Waals surface area contributed by atoms with Gasteiger partial charge in [-0.25, -0.2) is 0 Å². The second-order valence-electron chi connectivity index (χ2n) is 5.28. The number of nitriles is 1. The molecule has 0 radical (unpaired) electrons. The standard InChI is InChI=1S/C19H18N2S2/c1-22-19(14-20)18(13-12-16-8-4-2-5-9-16)21(15-23-19)17-10-6-3-7-11-17/h2-13,18H,15H2,1H3/b13-12+/t18-,19-/m0/s1. The topological polar surface area (TPSA) is 27.0 Å². The van der Waals surface area contributed by atoms with Crippen molar-refractivity contribution in [3.8, 4) is 6.07 Å². The van der Waals surface area contributed by atoms with Crippen LogP contribution in [-0.4, -0.2) is 22.3 Å². The molecule has 0 spiro atoms. The minimum atomic E-state index is -0.471. The van der Waals surface area contributed by atoms with E-state index >= 15 is 0 Å². The van der Waals surface area contributed by atoms with Crippen molar-refractivity contribution < 1.29 is 0 Å². The summed E-state index contributed by atoms with van der Waals surface area (Å²) < 4.78 is -0.471. The molecule has 2 nitrogen and oxygen atoms in total. The number of nitrogens with zero attached hydrogens (tertiary/aromatic N) is 2. The molecule has 0 aliphatic carbocycles. The Morgan fingerprint density at radius 2 is 1.83 bits per heavy atom. The predicted molar refractivity (Wildman–Crippen MR) is 103 cm³/mol. The maximum absolute atomic E-state index is 9.80. The summed E-state index contributed by atoms with van der Waals surface area (Å²) in [6, 6.07) is 23.2. The maximum Gasteiger partial charge on any atom is 0.173 e. The second-order valence-corrected chi connectivity index (χ2v) is 7.78. The lowest BCUT2D eigenvalue weighted by atomic mass is 10.1. The van der Waals surface area contributed by atoms with Crippen molar-refractivity contribution in [1.82, 2.24) is 0 Å². The van der Waals surface area contributed by atoms with Crippen LogP contribution in [0.3, 0.4) is 0 Å². The zero-order valence-corrected chi connectivity index (χ0v) is 14.6. The van der Waals surface area contributed by atoms with Crippen LogP contribution < -0.4 is 4.90 Å². The van der Waals surface area contributed by atoms with E-state index in [2.05, 4.69) is 47.4 Å². The molecule has 1 fully saturated rings. The fourth-order valence-corrected chi connectivity index (χ4v) is 4.96. The van der Waals surface area contributed by atoms with E-state index in [9.17, 15) is 5.26 Å². The van der Waals surface area contributed by atoms with Crippen LogP contribution >= 0.6 is 23.5 Å². The normalized spacial score (nSPS) is 24.0. The average Bonchev–Trinajstić information content (AvgIpc) is 3.00. The number of rotatable bonds is 4. The summed E-state index contributed by atoms with van der Waals surface area (Å²) in [4.78, 5) is 2.31. The number of anilines is 1. The molecule has 3 rings (SSSR count). The van der Waals surface area contributed by atoms with Crippen molar-refractivity contribution >= 4 is 35.3 Å². The monoisotopic (exact) mass is 338 g/mol. The van der Waals surface area contributed by atoms with Gasteiger partial charge in [-0.3, -0.25) is 0 Å². The third-order valence-corrected chi connectivity index (χ3v) is 6.92. The van der Waals surface area contributed by atoms with E-state index < -0.39 is 4.08 Å². The lowest BCUT2D eigenvalue weighted by Gasteiger charge is -2.29. The Bertz CT molecular complexity index is 709. The zero-order chi connectivity index (χ0) is 16.1. The molecule has 0 amide bonds. The van der Waals surface area contributed by atoms with Crippen LogP contribution in [-0.2, 0) is 0 Å². The van der Waals surface area contributed by atoms with Gasteiger partial charge in [0.05, 0.1) is 18.0 Å². The summed E-state index contributed by atoms with van der Waals surface area (Å²) >= 11 is 3.34. The Hall–Kier alpha value is -1.83. The second kappa shape index (κ2) is 7.16. The largest absolute Gasteiger partial charge is 0.352 e. The number of thioether (sulfide) groups is 2. The summed E-state index contributed by atoms with van der Waals surface area (Å²) in [5.74, 6) is 0.822. The highest BCUT2D eigenvalue weighted by atomic mass is 32.2. The molecule has 2 atom stereocenters. The van der Waals surface area contributed by atoms with Gasteiger partial charge in [0.1, 0.15) is 0 Å². The molecule has 2 aromatic carbocycles. The molecule has 0 saturated carbocycles. The van der Waals surface area contributed by atoms with Crippen molar-refractivity contribution in [2.45, 2.75) is 10.1 Å². The molecule has 23 heavy (non-hydrogen) atoms. The smallest absolute Gasteiger partial charge is 0.173 e. The molecule has 0 bridgehead atoms. The van der Waals surface area contributed by atoms with Crippen molar-refractivity contribution in [2.24, 2.45) is 0 Å². The molecule has 116 valence electrons.